The molecule has 1 heterocycles. The molecule has 1 aliphatic rings. The Kier molecular flexibility index (Phi) is 1.85. The summed E-state index contributed by atoms with van der Waals surface area (Å²) in [6.07, 6.45) is 0. The second-order valence-corrected chi connectivity index (χ2v) is 3.32. The number of hydrogen-bond acceptors (Lipinski definition) is 2. The summed E-state index contributed by atoms with van der Waals surface area (Å²) >= 11 is 5.86. The van der Waals surface area contributed by atoms with Crippen LogP contribution in [-0.2, 0) is 0 Å². The first-order chi connectivity index (χ1) is 5.77. The van der Waals surface area contributed by atoms with Crippen molar-refractivity contribution in [3.05, 3.63) is 23.2 Å². The molecule has 0 aromatic heterocycles. The van der Waals surface area contributed by atoms with Gasteiger partial charge in [-0.1, -0.05) is 11.6 Å². The van der Waals surface area contributed by atoms with E-state index in [-0.39, 0.29) is 0 Å². The molecule has 0 N–H and O–H groups in total. The number of fused-ring (bicyclic) bond motifs is 1. The third kappa shape index (κ3) is 1.23. The summed E-state index contributed by atoms with van der Waals surface area (Å²) in [7, 11) is 2.04. The predicted octanol–water partition coefficient (Wildman–Crippen LogP) is 2.17. The van der Waals surface area contributed by atoms with Gasteiger partial charge in [0.15, 0.2) is 0 Å². The standard InChI is InChI=1S/C9H10ClNO/c1-11-4-5-12-9-3-2-7(10)6-8(9)11/h2-3,6H,4-5H2,1H3. The fourth-order valence-electron chi connectivity index (χ4n) is 1.32. The van der Waals surface area contributed by atoms with Gasteiger partial charge in [-0.2, -0.15) is 0 Å². The number of hydrogen-bond donors (Lipinski definition) is 0. The molecule has 1 aromatic carbocycles. The van der Waals surface area contributed by atoms with Gasteiger partial charge in [0.25, 0.3) is 0 Å². The van der Waals surface area contributed by atoms with E-state index in [1.54, 1.807) is 0 Å². The molecule has 2 rings (SSSR count). The average Bonchev–Trinajstić information content (AvgIpc) is 2.07. The highest BCUT2D eigenvalue weighted by Gasteiger charge is 2.13. The Morgan fingerprint density at radius 3 is 3.17 bits per heavy atom. The molecule has 0 unspecified atom stereocenters. The van der Waals surface area contributed by atoms with Gasteiger partial charge in [-0.25, -0.2) is 0 Å². The zero-order valence-corrected chi connectivity index (χ0v) is 7.64. The zero-order chi connectivity index (χ0) is 8.55. The first-order valence-corrected chi connectivity index (χ1v) is 4.28. The molecule has 3 heteroatoms. The normalized spacial score (nSPS) is 15.3. The van der Waals surface area contributed by atoms with E-state index in [4.69, 9.17) is 16.3 Å². The third-order valence-electron chi connectivity index (χ3n) is 2.02. The molecule has 64 valence electrons. The van der Waals surface area contributed by atoms with E-state index < -0.39 is 0 Å². The molecule has 12 heavy (non-hydrogen) atoms. The van der Waals surface area contributed by atoms with Crippen LogP contribution >= 0.6 is 11.6 Å². The molecular weight excluding hydrogens is 174 g/mol. The van der Waals surface area contributed by atoms with Gasteiger partial charge in [0.2, 0.25) is 0 Å². The fraction of sp³-hybridized carbons (Fsp3) is 0.333. The summed E-state index contributed by atoms with van der Waals surface area (Å²) in [6, 6.07) is 5.68. The lowest BCUT2D eigenvalue weighted by atomic mass is 10.2. The predicted molar refractivity (Wildman–Crippen MR) is 50.2 cm³/mol. The molecule has 0 saturated carbocycles. The van der Waals surface area contributed by atoms with E-state index in [0.717, 1.165) is 29.6 Å². The molecule has 1 aliphatic heterocycles. The molecule has 0 radical (unpaired) electrons. The maximum Gasteiger partial charge on any atom is 0.142 e. The van der Waals surface area contributed by atoms with Crippen LogP contribution in [0.4, 0.5) is 5.69 Å². The second kappa shape index (κ2) is 2.87. The van der Waals surface area contributed by atoms with Crippen molar-refractivity contribution in [1.29, 1.82) is 0 Å². The van der Waals surface area contributed by atoms with E-state index in [9.17, 15) is 0 Å². The first-order valence-electron chi connectivity index (χ1n) is 3.91. The Morgan fingerprint density at radius 2 is 2.33 bits per heavy atom. The summed E-state index contributed by atoms with van der Waals surface area (Å²) < 4.78 is 5.45. The Balaban J connectivity index is 2.47. The molecule has 0 bridgehead atoms. The van der Waals surface area contributed by atoms with Crippen LogP contribution in [0, 0.1) is 0 Å². The molecule has 0 saturated heterocycles. The SMILES string of the molecule is CN1CCOc2ccc(Cl)cc21. The molecule has 0 spiro atoms. The van der Waals surface area contributed by atoms with E-state index in [0.29, 0.717) is 0 Å². The lowest BCUT2D eigenvalue weighted by Gasteiger charge is -2.27. The van der Waals surface area contributed by atoms with Crippen LogP contribution in [0.25, 0.3) is 0 Å². The van der Waals surface area contributed by atoms with Crippen molar-refractivity contribution in [3.8, 4) is 5.75 Å². The molecule has 0 amide bonds. The Hall–Kier alpha value is -0.890. The summed E-state index contributed by atoms with van der Waals surface area (Å²) in [4.78, 5) is 2.14. The van der Waals surface area contributed by atoms with Crippen LogP contribution in [0.5, 0.6) is 5.75 Å². The van der Waals surface area contributed by atoms with E-state index in [1.165, 1.54) is 0 Å². The third-order valence-corrected chi connectivity index (χ3v) is 2.25. The number of nitrogens with zero attached hydrogens (tertiary/aromatic N) is 1. The van der Waals surface area contributed by atoms with Gasteiger partial charge in [0.05, 0.1) is 12.2 Å². The summed E-state index contributed by atoms with van der Waals surface area (Å²) in [6.45, 7) is 1.68. The van der Waals surface area contributed by atoms with Gasteiger partial charge in [-0.3, -0.25) is 0 Å². The minimum Gasteiger partial charge on any atom is -0.490 e. The van der Waals surface area contributed by atoms with E-state index >= 15 is 0 Å². The van der Waals surface area contributed by atoms with E-state index in [1.807, 2.05) is 25.2 Å². The number of benzene rings is 1. The van der Waals surface area contributed by atoms with Crippen molar-refractivity contribution in [1.82, 2.24) is 0 Å². The highest BCUT2D eigenvalue weighted by molar-refractivity contribution is 6.30. The Bertz CT molecular complexity index is 301. The van der Waals surface area contributed by atoms with Crippen molar-refractivity contribution in [2.24, 2.45) is 0 Å². The minimum atomic E-state index is 0.755. The largest absolute Gasteiger partial charge is 0.490 e. The maximum atomic E-state index is 5.86. The molecular formula is C9H10ClNO. The topological polar surface area (TPSA) is 12.5 Å². The zero-order valence-electron chi connectivity index (χ0n) is 6.88. The summed E-state index contributed by atoms with van der Waals surface area (Å²) in [5.74, 6) is 0.924. The second-order valence-electron chi connectivity index (χ2n) is 2.88. The molecule has 2 nitrogen and oxygen atoms in total. The number of anilines is 1. The van der Waals surface area contributed by atoms with Crippen LogP contribution in [0.1, 0.15) is 0 Å². The van der Waals surface area contributed by atoms with Crippen LogP contribution in [-0.4, -0.2) is 20.2 Å². The fourth-order valence-corrected chi connectivity index (χ4v) is 1.49. The molecule has 0 aliphatic carbocycles. The first kappa shape index (κ1) is 7.74. The minimum absolute atomic E-state index is 0.755. The van der Waals surface area contributed by atoms with Gasteiger partial charge in [0, 0.05) is 12.1 Å². The highest BCUT2D eigenvalue weighted by Crippen LogP contribution is 2.32. The maximum absolute atomic E-state index is 5.86. The quantitative estimate of drug-likeness (QED) is 0.611. The van der Waals surface area contributed by atoms with Gasteiger partial charge < -0.3 is 9.64 Å². The highest BCUT2D eigenvalue weighted by atomic mass is 35.5. The number of halogens is 1. The number of ether oxygens (including phenoxy) is 1. The van der Waals surface area contributed by atoms with Crippen molar-refractivity contribution in [3.63, 3.8) is 0 Å². The van der Waals surface area contributed by atoms with Gasteiger partial charge in [-0.15, -0.1) is 0 Å². The molecule has 1 aromatic rings. The monoisotopic (exact) mass is 183 g/mol. The van der Waals surface area contributed by atoms with Crippen molar-refractivity contribution < 1.29 is 4.74 Å². The van der Waals surface area contributed by atoms with Gasteiger partial charge in [-0.05, 0) is 18.2 Å². The van der Waals surface area contributed by atoms with Crippen LogP contribution in [0.2, 0.25) is 5.02 Å². The number of likely N-dealkylation sites (N-methyl/N-ethyl adjacent to an activating group) is 1. The molecule has 0 atom stereocenters. The Labute approximate surface area is 76.7 Å². The smallest absolute Gasteiger partial charge is 0.142 e. The number of rotatable bonds is 0. The Morgan fingerprint density at radius 1 is 1.50 bits per heavy atom. The van der Waals surface area contributed by atoms with Crippen LogP contribution < -0.4 is 9.64 Å². The van der Waals surface area contributed by atoms with Crippen LogP contribution in [0.15, 0.2) is 18.2 Å². The summed E-state index contributed by atoms with van der Waals surface area (Å²) in [5.41, 5.74) is 1.08. The molecule has 0 fully saturated rings. The average molecular weight is 184 g/mol. The van der Waals surface area contributed by atoms with Crippen LogP contribution in [0.3, 0.4) is 0 Å². The van der Waals surface area contributed by atoms with Crippen molar-refractivity contribution >= 4 is 17.3 Å². The lowest BCUT2D eigenvalue weighted by Crippen LogP contribution is -2.28. The van der Waals surface area contributed by atoms with Gasteiger partial charge >= 0.3 is 0 Å². The lowest BCUT2D eigenvalue weighted by molar-refractivity contribution is 0.311. The van der Waals surface area contributed by atoms with Crippen molar-refractivity contribution in [2.45, 2.75) is 0 Å². The van der Waals surface area contributed by atoms with E-state index in [2.05, 4.69) is 4.90 Å². The van der Waals surface area contributed by atoms with Crippen molar-refractivity contribution in [2.75, 3.05) is 25.1 Å². The summed E-state index contributed by atoms with van der Waals surface area (Å²) in [5, 5.41) is 0.756. The van der Waals surface area contributed by atoms with Gasteiger partial charge in [0.1, 0.15) is 12.4 Å².